The van der Waals surface area contributed by atoms with Gasteiger partial charge in [0.15, 0.2) is 5.75 Å². The molecule has 13 heteroatoms. The smallest absolute Gasteiger partial charge is 0.504 e. The van der Waals surface area contributed by atoms with Crippen molar-refractivity contribution in [2.24, 2.45) is 10.2 Å². The number of nitrogens with one attached hydrogen (secondary N) is 1. The second kappa shape index (κ2) is 11.7. The molecule has 0 heterocycles. The minimum Gasteiger partial charge on any atom is -0.504 e. The predicted octanol–water partition coefficient (Wildman–Crippen LogP) is 0.137. The Bertz CT molecular complexity index is 1020. The molecule has 0 radical (unpaired) electrons. The number of phenolic OH excluding ortho intramolecular Hbond substituents is 1. The van der Waals surface area contributed by atoms with Crippen LogP contribution >= 0.6 is 11.6 Å². The van der Waals surface area contributed by atoms with Crippen LogP contribution in [0, 0.1) is 6.04 Å². The van der Waals surface area contributed by atoms with Gasteiger partial charge in [-0.15, -0.1) is 6.04 Å². The molecule has 0 saturated carbocycles. The maximum atomic E-state index is 12.2. The molecule has 2 aromatic rings. The van der Waals surface area contributed by atoms with Crippen LogP contribution in [0.1, 0.15) is 6.92 Å². The number of halogens is 1. The first-order valence-electron chi connectivity index (χ1n) is 7.25. The van der Waals surface area contributed by atoms with Crippen molar-refractivity contribution in [1.82, 2.24) is 0 Å². The van der Waals surface area contributed by atoms with Crippen molar-refractivity contribution in [3.63, 3.8) is 0 Å². The first kappa shape index (κ1) is 27.6. The number of ketones is 1. The van der Waals surface area contributed by atoms with Crippen molar-refractivity contribution in [2.75, 3.05) is 5.32 Å². The molecule has 0 aromatic heterocycles. The van der Waals surface area contributed by atoms with E-state index in [0.29, 0.717) is 5.69 Å². The van der Waals surface area contributed by atoms with E-state index in [0.717, 1.165) is 19.1 Å². The summed E-state index contributed by atoms with van der Waals surface area (Å²) in [6.07, 6.45) is 0. The van der Waals surface area contributed by atoms with Crippen molar-refractivity contribution in [2.45, 2.75) is 11.8 Å². The molecule has 2 rings (SSSR count). The molecule has 0 aliphatic rings. The van der Waals surface area contributed by atoms with Gasteiger partial charge in [0, 0.05) is 28.8 Å². The summed E-state index contributed by atoms with van der Waals surface area (Å²) in [5.41, 5.74) is -0.0444. The number of anilines is 1. The summed E-state index contributed by atoms with van der Waals surface area (Å²) in [7, 11) is -4.63. The summed E-state index contributed by atoms with van der Waals surface area (Å²) < 4.78 is 31.5. The summed E-state index contributed by atoms with van der Waals surface area (Å²) in [6.45, 7) is 1.08. The molecule has 0 bridgehead atoms. The number of hydrogen-bond acceptors (Lipinski definition) is 7. The average Bonchev–Trinajstić information content (AvgIpc) is 2.58. The number of carbonyl (C=O) groups excluding carboxylic acids is 2. The van der Waals surface area contributed by atoms with Gasteiger partial charge in [-0.2, -0.15) is 13.5 Å². The fourth-order valence-electron chi connectivity index (χ4n) is 1.88. The molecule has 0 saturated heterocycles. The normalized spacial score (nSPS) is 10.6. The maximum Gasteiger partial charge on any atom is 1.00 e. The van der Waals surface area contributed by atoms with Gasteiger partial charge in [0.2, 0.25) is 0 Å². The quantitative estimate of drug-likeness (QED) is 0.174. The van der Waals surface area contributed by atoms with Crippen molar-refractivity contribution < 1.29 is 74.6 Å². The van der Waals surface area contributed by atoms with Gasteiger partial charge in [0.1, 0.15) is 11.6 Å². The molecule has 0 aliphatic heterocycles. The van der Waals surface area contributed by atoms with Gasteiger partial charge in [-0.1, -0.05) is 29.8 Å². The van der Waals surface area contributed by atoms with Crippen molar-refractivity contribution in [1.29, 1.82) is 0 Å². The second-order valence-electron chi connectivity index (χ2n) is 5.17. The maximum absolute atomic E-state index is 12.2. The second-order valence-corrected chi connectivity index (χ2v) is 7.00. The summed E-state index contributed by atoms with van der Waals surface area (Å²) in [6, 6.07) is 9.26. The zero-order chi connectivity index (χ0) is 20.2. The molecule has 148 valence electrons. The van der Waals surface area contributed by atoms with Crippen LogP contribution in [0.15, 0.2) is 57.6 Å². The van der Waals surface area contributed by atoms with Crippen LogP contribution in [-0.4, -0.2) is 29.8 Å². The zero-order valence-electron chi connectivity index (χ0n) is 15.2. The van der Waals surface area contributed by atoms with E-state index in [9.17, 15) is 23.1 Å². The van der Waals surface area contributed by atoms with E-state index in [1.54, 1.807) is 30.3 Å². The van der Waals surface area contributed by atoms with Gasteiger partial charge in [-0.25, -0.2) is 0 Å². The third-order valence-corrected chi connectivity index (χ3v) is 4.27. The topological polar surface area (TPSA) is 145 Å². The van der Waals surface area contributed by atoms with E-state index >= 15 is 0 Å². The number of rotatable bonds is 6. The molecule has 0 unspecified atom stereocenters. The number of para-hydroxylation sites is 1. The first-order valence-corrected chi connectivity index (χ1v) is 9.07. The number of azo groups is 1. The number of phenols is 1. The molecule has 3 N–H and O–H groups in total. The molecule has 0 fully saturated rings. The third-order valence-electron chi connectivity index (χ3n) is 3.15. The Labute approximate surface area is 204 Å². The Hall–Kier alpha value is -1.42. The number of carbonyl (C=O) groups is 2. The molecule has 2 aromatic carbocycles. The number of benzene rings is 2. The summed E-state index contributed by atoms with van der Waals surface area (Å²) in [4.78, 5) is 23.3. The summed E-state index contributed by atoms with van der Waals surface area (Å²) in [5, 5.41) is 18.9. The number of Topliss-reactive ketones (excluding diaryl/α,β-unsaturated/α-hetero) is 1. The van der Waals surface area contributed by atoms with E-state index in [1.165, 1.54) is 0 Å². The van der Waals surface area contributed by atoms with Crippen LogP contribution in [0.2, 0.25) is 5.02 Å². The van der Waals surface area contributed by atoms with Crippen LogP contribution < -0.4 is 34.9 Å². The molecule has 0 atom stereocenters. The number of nitrogens with zero attached hydrogens (tertiary/aromatic N) is 2. The number of hydrogen-bond donors (Lipinski definition) is 3. The van der Waals surface area contributed by atoms with Gasteiger partial charge >= 0.3 is 29.6 Å². The molecule has 0 aliphatic carbocycles. The van der Waals surface area contributed by atoms with Crippen LogP contribution in [0.4, 0.5) is 11.4 Å². The van der Waals surface area contributed by atoms with Crippen LogP contribution in [0.5, 0.6) is 5.75 Å². The number of amides is 1. The Morgan fingerprint density at radius 2 is 1.76 bits per heavy atom. The van der Waals surface area contributed by atoms with Crippen molar-refractivity contribution in [3.05, 3.63) is 53.5 Å². The van der Waals surface area contributed by atoms with Gasteiger partial charge in [0.25, 0.3) is 10.1 Å². The van der Waals surface area contributed by atoms with Crippen molar-refractivity contribution in [3.8, 4) is 5.75 Å². The van der Waals surface area contributed by atoms with Crippen LogP contribution in [0.25, 0.3) is 0 Å². The molecular formula is C16H13ClCrN3NaO6S. The van der Waals surface area contributed by atoms with Gasteiger partial charge in [-0.3, -0.25) is 4.55 Å². The van der Waals surface area contributed by atoms with Crippen molar-refractivity contribution >= 4 is 44.8 Å². The van der Waals surface area contributed by atoms with E-state index in [1.807, 2.05) is 0 Å². The van der Waals surface area contributed by atoms with Gasteiger partial charge in [-0.05, 0) is 31.2 Å². The predicted molar refractivity (Wildman–Crippen MR) is 96.4 cm³/mol. The average molecular weight is 486 g/mol. The van der Waals surface area contributed by atoms with E-state index in [-0.39, 0.29) is 46.9 Å². The molecular weight excluding hydrogens is 473 g/mol. The Morgan fingerprint density at radius 1 is 1.17 bits per heavy atom. The van der Waals surface area contributed by atoms with Gasteiger partial charge < -0.3 is 25.1 Å². The minimum atomic E-state index is -4.63. The molecule has 0 spiro atoms. The van der Waals surface area contributed by atoms with E-state index < -0.39 is 49.2 Å². The minimum absolute atomic E-state index is 0. The van der Waals surface area contributed by atoms with Crippen LogP contribution in [-0.2, 0) is 37.1 Å². The standard InChI is InChI=1S/C16H13ClN3O6S.Cr.Na/c1-9(21)14(16(23)18-10-5-3-2-4-6-10)20-19-13-8-11(27(24,25)26)7-12(17)15(13)22;;/h2-8,22H,1H3,(H,18,23)(H,24,25,26);;/q-1;;+1. The summed E-state index contributed by atoms with van der Waals surface area (Å²) >= 11 is 5.69. The largest absolute Gasteiger partial charge is 1.00 e. The molecule has 9 nitrogen and oxygen atoms in total. The monoisotopic (exact) mass is 485 g/mol. The fourth-order valence-corrected chi connectivity index (χ4v) is 2.68. The molecule has 1 amide bonds. The SMILES string of the molecule is CC(=O)[C-](N=Nc1cc(S(=O)(=O)O)cc(Cl)c1O)C(=O)Nc1ccccc1.[Cr].[Na+]. The molecule has 29 heavy (non-hydrogen) atoms. The Balaban J connectivity index is 0.00000392. The zero-order valence-corrected chi connectivity index (χ0v) is 20.0. The Morgan fingerprint density at radius 3 is 2.28 bits per heavy atom. The Kier molecular flexibility index (Phi) is 11.1. The fraction of sp³-hybridized carbons (Fsp3) is 0.0625. The first-order chi connectivity index (χ1) is 12.6. The van der Waals surface area contributed by atoms with E-state index in [4.69, 9.17) is 16.2 Å². The van der Waals surface area contributed by atoms with Gasteiger partial charge in [0.05, 0.1) is 9.92 Å². The third kappa shape index (κ3) is 7.73. The number of aromatic hydroxyl groups is 1. The summed E-state index contributed by atoms with van der Waals surface area (Å²) in [5.74, 6) is -2.21. The van der Waals surface area contributed by atoms with Crippen LogP contribution in [0.3, 0.4) is 0 Å². The van der Waals surface area contributed by atoms with E-state index in [2.05, 4.69) is 15.5 Å².